The van der Waals surface area contributed by atoms with E-state index in [0.29, 0.717) is 0 Å². The molecule has 1 aliphatic heterocycles. The van der Waals surface area contributed by atoms with Crippen LogP contribution in [-0.4, -0.2) is 17.2 Å². The Hall–Kier alpha value is -2.25. The van der Waals surface area contributed by atoms with E-state index in [4.69, 9.17) is 5.26 Å². The molecule has 0 saturated heterocycles. The fraction of sp³-hybridized carbons (Fsp3) is 0.391. The van der Waals surface area contributed by atoms with Gasteiger partial charge in [-0.3, -0.25) is 4.79 Å². The number of nitriles is 1. The van der Waals surface area contributed by atoms with Crippen molar-refractivity contribution in [3.8, 4) is 5.40 Å². The Balaban J connectivity index is 2.19. The number of carbonyl (C=O) groups excluding carboxylic acids is 1. The normalized spacial score (nSPS) is 20.7. The number of thioether (sulfide) groups is 1. The number of benzene rings is 2. The summed E-state index contributed by atoms with van der Waals surface area (Å²) in [7, 11) is 0. The van der Waals surface area contributed by atoms with Gasteiger partial charge in [0, 0.05) is 16.6 Å². The first kappa shape index (κ1) is 19.5. The molecule has 2 aromatic rings. The maximum Gasteiger partial charge on any atom is 0.238 e. The molecular weight excluding hydrogens is 352 g/mol. The topological polar surface area (TPSA) is 44.1 Å². The third kappa shape index (κ3) is 3.49. The van der Waals surface area contributed by atoms with Crippen molar-refractivity contribution in [2.75, 3.05) is 10.7 Å². The van der Waals surface area contributed by atoms with Gasteiger partial charge in [0.1, 0.15) is 5.40 Å². The van der Waals surface area contributed by atoms with Gasteiger partial charge in [-0.1, -0.05) is 54.4 Å². The minimum atomic E-state index is -0.352. The van der Waals surface area contributed by atoms with E-state index in [9.17, 15) is 4.79 Å². The second-order valence-electron chi connectivity index (χ2n) is 8.32. The molecular formula is C23H26N2OS. The lowest BCUT2D eigenvalue weighted by molar-refractivity contribution is -0.117. The highest BCUT2D eigenvalue weighted by atomic mass is 32.2. The van der Waals surface area contributed by atoms with Gasteiger partial charge < -0.3 is 4.90 Å². The van der Waals surface area contributed by atoms with Crippen LogP contribution >= 0.6 is 11.8 Å². The van der Waals surface area contributed by atoms with Gasteiger partial charge in [-0.15, -0.1) is 0 Å². The second kappa shape index (κ2) is 7.05. The van der Waals surface area contributed by atoms with E-state index >= 15 is 0 Å². The zero-order valence-corrected chi connectivity index (χ0v) is 17.5. The van der Waals surface area contributed by atoms with E-state index in [2.05, 4.69) is 77.1 Å². The lowest BCUT2D eigenvalue weighted by atomic mass is 9.65. The summed E-state index contributed by atoms with van der Waals surface area (Å²) in [6.45, 7) is 10.7. The van der Waals surface area contributed by atoms with Crippen LogP contribution in [0.25, 0.3) is 0 Å². The highest BCUT2D eigenvalue weighted by Gasteiger charge is 2.47. The van der Waals surface area contributed by atoms with Crippen molar-refractivity contribution in [1.29, 1.82) is 5.26 Å². The molecule has 0 bridgehead atoms. The van der Waals surface area contributed by atoms with Crippen LogP contribution < -0.4 is 4.90 Å². The summed E-state index contributed by atoms with van der Waals surface area (Å²) < 4.78 is 0. The van der Waals surface area contributed by atoms with Crippen molar-refractivity contribution < 1.29 is 4.79 Å². The number of aryl methyl sites for hydroxylation is 2. The van der Waals surface area contributed by atoms with E-state index in [1.807, 2.05) is 10.3 Å². The van der Waals surface area contributed by atoms with Gasteiger partial charge in [0.05, 0.1) is 5.75 Å². The Morgan fingerprint density at radius 1 is 1.11 bits per heavy atom. The minimum absolute atomic E-state index is 0.0115. The lowest BCUT2D eigenvalue weighted by Crippen LogP contribution is -2.56. The number of hydrogen-bond acceptors (Lipinski definition) is 3. The molecule has 0 aliphatic carbocycles. The number of thiocyanates is 1. The van der Waals surface area contributed by atoms with Crippen LogP contribution in [0.4, 0.5) is 5.69 Å². The molecule has 1 atom stereocenters. The highest BCUT2D eigenvalue weighted by Crippen LogP contribution is 2.50. The van der Waals surface area contributed by atoms with Crippen molar-refractivity contribution in [2.24, 2.45) is 0 Å². The van der Waals surface area contributed by atoms with Crippen LogP contribution in [0.2, 0.25) is 0 Å². The number of fused-ring (bicyclic) bond motifs is 1. The summed E-state index contributed by atoms with van der Waals surface area (Å²) >= 11 is 1.00. The SMILES string of the molecule is Cc1ccc(C2(C)CC(C)(C)N(C(=O)CSC#N)c3ccc(C)cc32)cc1. The molecule has 3 nitrogen and oxygen atoms in total. The Morgan fingerprint density at radius 3 is 2.37 bits per heavy atom. The lowest BCUT2D eigenvalue weighted by Gasteiger charge is -2.51. The fourth-order valence-electron chi connectivity index (χ4n) is 4.46. The molecule has 0 spiro atoms. The number of hydrogen-bond donors (Lipinski definition) is 0. The van der Waals surface area contributed by atoms with E-state index < -0.39 is 0 Å². The molecule has 4 heteroatoms. The number of rotatable bonds is 3. The third-order valence-electron chi connectivity index (χ3n) is 5.58. The van der Waals surface area contributed by atoms with Crippen molar-refractivity contribution >= 4 is 23.4 Å². The van der Waals surface area contributed by atoms with Gasteiger partial charge in [-0.2, -0.15) is 5.26 Å². The maximum absolute atomic E-state index is 13.0. The number of anilines is 1. The smallest absolute Gasteiger partial charge is 0.238 e. The van der Waals surface area contributed by atoms with Crippen molar-refractivity contribution in [1.82, 2.24) is 0 Å². The Bertz CT molecular complexity index is 911. The number of amides is 1. The maximum atomic E-state index is 13.0. The van der Waals surface area contributed by atoms with Gasteiger partial charge in [0.2, 0.25) is 5.91 Å². The van der Waals surface area contributed by atoms with Crippen molar-refractivity contribution in [3.63, 3.8) is 0 Å². The van der Waals surface area contributed by atoms with Crippen LogP contribution in [0.5, 0.6) is 0 Å². The molecule has 1 amide bonds. The van der Waals surface area contributed by atoms with Gasteiger partial charge in [0.25, 0.3) is 0 Å². The molecule has 0 N–H and O–H groups in total. The monoisotopic (exact) mass is 378 g/mol. The quantitative estimate of drug-likeness (QED) is 0.677. The number of carbonyl (C=O) groups is 1. The van der Waals surface area contributed by atoms with E-state index in [0.717, 1.165) is 23.9 Å². The molecule has 0 fully saturated rings. The molecule has 140 valence electrons. The first-order valence-electron chi connectivity index (χ1n) is 9.21. The summed E-state index contributed by atoms with van der Waals surface area (Å²) in [6.07, 6.45) is 0.822. The summed E-state index contributed by atoms with van der Waals surface area (Å²) in [4.78, 5) is 14.9. The summed E-state index contributed by atoms with van der Waals surface area (Å²) in [6, 6.07) is 15.1. The molecule has 3 rings (SSSR count). The van der Waals surface area contributed by atoms with Crippen molar-refractivity contribution in [2.45, 2.75) is 52.0 Å². The number of nitrogens with zero attached hydrogens (tertiary/aromatic N) is 2. The highest BCUT2D eigenvalue weighted by molar-refractivity contribution is 8.04. The predicted octanol–water partition coefficient (Wildman–Crippen LogP) is 5.34. The van der Waals surface area contributed by atoms with Crippen LogP contribution in [0.1, 0.15) is 49.4 Å². The van der Waals surface area contributed by atoms with Gasteiger partial charge >= 0.3 is 0 Å². The van der Waals surface area contributed by atoms with E-state index in [-0.39, 0.29) is 22.6 Å². The van der Waals surface area contributed by atoms with Crippen LogP contribution in [0.15, 0.2) is 42.5 Å². The van der Waals surface area contributed by atoms with Gasteiger partial charge in [-0.05, 0) is 63.1 Å². The van der Waals surface area contributed by atoms with Crippen LogP contribution in [-0.2, 0) is 10.2 Å². The zero-order chi connectivity index (χ0) is 19.8. The minimum Gasteiger partial charge on any atom is -0.306 e. The van der Waals surface area contributed by atoms with Gasteiger partial charge in [-0.25, -0.2) is 0 Å². The Labute approximate surface area is 166 Å². The summed E-state index contributed by atoms with van der Waals surface area (Å²) in [5.41, 5.74) is 5.31. The average Bonchev–Trinajstić information content (AvgIpc) is 2.60. The fourth-order valence-corrected chi connectivity index (χ4v) is 4.78. The van der Waals surface area contributed by atoms with E-state index in [1.165, 1.54) is 22.3 Å². The molecule has 0 radical (unpaired) electrons. The molecule has 0 aromatic heterocycles. The Kier molecular flexibility index (Phi) is 5.10. The second-order valence-corrected chi connectivity index (χ2v) is 9.08. The first-order valence-corrected chi connectivity index (χ1v) is 10.2. The average molecular weight is 379 g/mol. The van der Waals surface area contributed by atoms with E-state index in [1.54, 1.807) is 0 Å². The Morgan fingerprint density at radius 2 is 1.74 bits per heavy atom. The predicted molar refractivity (Wildman–Crippen MR) is 113 cm³/mol. The molecule has 1 aliphatic rings. The van der Waals surface area contributed by atoms with Crippen LogP contribution in [0.3, 0.4) is 0 Å². The zero-order valence-electron chi connectivity index (χ0n) is 16.7. The standard InChI is InChI=1S/C23H26N2OS/c1-16-6-9-18(10-7-16)23(5)14-22(3,4)25(21(26)13-27-15-24)20-11-8-17(2)12-19(20)23/h6-12H,13-14H2,1-5H3. The molecule has 27 heavy (non-hydrogen) atoms. The first-order chi connectivity index (χ1) is 12.7. The van der Waals surface area contributed by atoms with Gasteiger partial charge in [0.15, 0.2) is 0 Å². The molecule has 0 saturated carbocycles. The summed E-state index contributed by atoms with van der Waals surface area (Å²) in [5, 5.41) is 10.9. The molecule has 1 heterocycles. The summed E-state index contributed by atoms with van der Waals surface area (Å²) in [5.74, 6) is 0.164. The van der Waals surface area contributed by atoms with Crippen LogP contribution in [0, 0.1) is 24.5 Å². The molecule has 2 aromatic carbocycles. The molecule has 1 unspecified atom stereocenters. The third-order valence-corrected chi connectivity index (χ3v) is 6.10. The largest absolute Gasteiger partial charge is 0.306 e. The van der Waals surface area contributed by atoms with Crippen molar-refractivity contribution in [3.05, 3.63) is 64.7 Å².